The van der Waals surface area contributed by atoms with Crippen LogP contribution in [0.4, 0.5) is 0 Å². The van der Waals surface area contributed by atoms with Crippen LogP contribution in [0.5, 0.6) is 5.75 Å². The van der Waals surface area contributed by atoms with Gasteiger partial charge in [-0.2, -0.15) is 0 Å². The maximum absolute atomic E-state index is 10.8. The summed E-state index contributed by atoms with van der Waals surface area (Å²) < 4.78 is 4.41. The molecule has 5 nitrogen and oxygen atoms in total. The number of benzene rings is 1. The number of phenols is 1. The predicted molar refractivity (Wildman–Crippen MR) is 63.0 cm³/mol. The number of esters is 1. The highest BCUT2D eigenvalue weighted by Crippen LogP contribution is 2.17. The summed E-state index contributed by atoms with van der Waals surface area (Å²) in [6.45, 7) is 0. The number of rotatable bonds is 3. The quantitative estimate of drug-likeness (QED) is 0.614. The van der Waals surface area contributed by atoms with Crippen molar-refractivity contribution in [3.8, 4) is 17.6 Å². The summed E-state index contributed by atoms with van der Waals surface area (Å²) in [5.41, 5.74) is 0.820. The van der Waals surface area contributed by atoms with Gasteiger partial charge in [0.05, 0.1) is 19.1 Å². The maximum atomic E-state index is 10.8. The molecule has 2 N–H and O–H groups in total. The minimum absolute atomic E-state index is 0.0542. The number of phenolic OH excluding ortho intramolecular Hbond substituents is 1. The topological polar surface area (TPSA) is 83.8 Å². The molecule has 0 heterocycles. The first kappa shape index (κ1) is 13.6. The molecule has 0 saturated heterocycles. The van der Waals surface area contributed by atoms with Crippen LogP contribution in [0.3, 0.4) is 0 Å². The molecule has 1 aromatic rings. The normalized spacial score (nSPS) is 9.17. The second kappa shape index (κ2) is 6.30. The fourth-order valence-electron chi connectivity index (χ4n) is 1.25. The number of carboxylic acids is 1. The van der Waals surface area contributed by atoms with Gasteiger partial charge in [-0.05, 0) is 17.7 Å². The van der Waals surface area contributed by atoms with Gasteiger partial charge in [0.2, 0.25) is 0 Å². The highest BCUT2D eigenvalue weighted by Gasteiger charge is 2.04. The third-order valence-corrected chi connectivity index (χ3v) is 2.10. The van der Waals surface area contributed by atoms with Crippen molar-refractivity contribution in [1.82, 2.24) is 0 Å². The third kappa shape index (κ3) is 4.18. The molecule has 94 valence electrons. The van der Waals surface area contributed by atoms with E-state index in [-0.39, 0.29) is 24.2 Å². The molecule has 1 rings (SSSR count). The van der Waals surface area contributed by atoms with Crippen LogP contribution in [0.1, 0.15) is 17.5 Å². The van der Waals surface area contributed by atoms with E-state index >= 15 is 0 Å². The first-order valence-electron chi connectivity index (χ1n) is 5.12. The molecule has 0 fully saturated rings. The summed E-state index contributed by atoms with van der Waals surface area (Å²) in [6.07, 6.45) is -0.231. The van der Waals surface area contributed by atoms with Crippen LogP contribution in [0.2, 0.25) is 0 Å². The summed E-state index contributed by atoms with van der Waals surface area (Å²) in [7, 11) is 1.26. The van der Waals surface area contributed by atoms with Gasteiger partial charge in [0.1, 0.15) is 12.2 Å². The Morgan fingerprint density at radius 3 is 2.72 bits per heavy atom. The van der Waals surface area contributed by atoms with Gasteiger partial charge in [0.25, 0.3) is 0 Å². The first-order chi connectivity index (χ1) is 8.52. The average molecular weight is 248 g/mol. The lowest BCUT2D eigenvalue weighted by Crippen LogP contribution is -2.00. The van der Waals surface area contributed by atoms with Gasteiger partial charge in [0.15, 0.2) is 0 Å². The Morgan fingerprint density at radius 2 is 2.11 bits per heavy atom. The minimum Gasteiger partial charge on any atom is -0.507 e. The zero-order valence-electron chi connectivity index (χ0n) is 9.77. The monoisotopic (exact) mass is 248 g/mol. The number of hydrogen-bond acceptors (Lipinski definition) is 4. The Balaban J connectivity index is 2.87. The van der Waals surface area contributed by atoms with Gasteiger partial charge in [-0.25, -0.2) is 0 Å². The van der Waals surface area contributed by atoms with Crippen molar-refractivity contribution in [2.24, 2.45) is 0 Å². The molecule has 0 aliphatic heterocycles. The fourth-order valence-corrected chi connectivity index (χ4v) is 1.25. The van der Waals surface area contributed by atoms with E-state index in [0.717, 1.165) is 0 Å². The highest BCUT2D eigenvalue weighted by molar-refractivity contribution is 5.73. The van der Waals surface area contributed by atoms with Crippen molar-refractivity contribution in [1.29, 1.82) is 0 Å². The van der Waals surface area contributed by atoms with E-state index < -0.39 is 11.9 Å². The van der Waals surface area contributed by atoms with Crippen LogP contribution < -0.4 is 0 Å². The number of ether oxygens (including phenoxy) is 1. The number of carbonyl (C=O) groups is 2. The second-order valence-corrected chi connectivity index (χ2v) is 3.48. The minimum atomic E-state index is -0.964. The molecule has 18 heavy (non-hydrogen) atoms. The molecule has 0 aromatic heterocycles. The Hall–Kier alpha value is -2.48. The Kier molecular flexibility index (Phi) is 4.76. The summed E-state index contributed by atoms with van der Waals surface area (Å²) >= 11 is 0. The molecule has 0 amide bonds. The van der Waals surface area contributed by atoms with Crippen molar-refractivity contribution < 1.29 is 24.5 Å². The molecule has 0 aliphatic rings. The lowest BCUT2D eigenvalue weighted by molar-refractivity contribution is -0.139. The standard InChI is InChI=1S/C13H12O5/c1-18-13(17)4-2-3-10-7-9(8-12(15)16)5-6-11(10)14/h5-7,14H,4,8H2,1H3,(H,15,16). The number of aliphatic carboxylic acids is 1. The molecule has 0 bridgehead atoms. The Labute approximate surface area is 104 Å². The van der Waals surface area contributed by atoms with Crippen molar-refractivity contribution in [3.05, 3.63) is 29.3 Å². The van der Waals surface area contributed by atoms with E-state index in [1.807, 2.05) is 0 Å². The summed E-state index contributed by atoms with van der Waals surface area (Å²) in [6, 6.07) is 4.36. The van der Waals surface area contributed by atoms with E-state index in [1.165, 1.54) is 25.3 Å². The second-order valence-electron chi connectivity index (χ2n) is 3.48. The number of carbonyl (C=O) groups excluding carboxylic acids is 1. The van der Waals surface area contributed by atoms with E-state index in [9.17, 15) is 14.7 Å². The lowest BCUT2D eigenvalue weighted by Gasteiger charge is -2.00. The van der Waals surface area contributed by atoms with Crippen LogP contribution in [0.25, 0.3) is 0 Å². The molecule has 5 heteroatoms. The van der Waals surface area contributed by atoms with Crippen molar-refractivity contribution in [2.75, 3.05) is 7.11 Å². The number of hydrogen-bond donors (Lipinski definition) is 2. The van der Waals surface area contributed by atoms with Crippen LogP contribution in [0.15, 0.2) is 18.2 Å². The van der Waals surface area contributed by atoms with E-state index in [1.54, 1.807) is 0 Å². The van der Waals surface area contributed by atoms with Gasteiger partial charge in [-0.15, -0.1) is 0 Å². The summed E-state index contributed by atoms with van der Waals surface area (Å²) in [4.78, 5) is 21.4. The average Bonchev–Trinajstić information content (AvgIpc) is 2.32. The number of aromatic hydroxyl groups is 1. The Bertz CT molecular complexity index is 522. The van der Waals surface area contributed by atoms with Crippen LogP contribution in [-0.4, -0.2) is 29.3 Å². The zero-order chi connectivity index (χ0) is 13.5. The van der Waals surface area contributed by atoms with E-state index in [0.29, 0.717) is 5.56 Å². The highest BCUT2D eigenvalue weighted by atomic mass is 16.5. The van der Waals surface area contributed by atoms with Gasteiger partial charge in [-0.3, -0.25) is 9.59 Å². The molecule has 1 aromatic carbocycles. The molecular weight excluding hydrogens is 236 g/mol. The number of methoxy groups -OCH3 is 1. The molecule has 0 spiro atoms. The molecular formula is C13H12O5. The smallest absolute Gasteiger partial charge is 0.317 e. The number of carboxylic acid groups (broad SMARTS) is 1. The largest absolute Gasteiger partial charge is 0.507 e. The molecule has 0 unspecified atom stereocenters. The fraction of sp³-hybridized carbons (Fsp3) is 0.231. The predicted octanol–water partition coefficient (Wildman–Crippen LogP) is 0.934. The third-order valence-electron chi connectivity index (χ3n) is 2.10. The van der Waals surface area contributed by atoms with Crippen molar-refractivity contribution >= 4 is 11.9 Å². The van der Waals surface area contributed by atoms with Crippen molar-refractivity contribution in [3.63, 3.8) is 0 Å². The van der Waals surface area contributed by atoms with Crippen LogP contribution in [0, 0.1) is 11.8 Å². The lowest BCUT2D eigenvalue weighted by atomic mass is 10.1. The van der Waals surface area contributed by atoms with Gasteiger partial charge in [0, 0.05) is 0 Å². The van der Waals surface area contributed by atoms with Crippen LogP contribution in [-0.2, 0) is 20.7 Å². The van der Waals surface area contributed by atoms with Gasteiger partial charge >= 0.3 is 11.9 Å². The van der Waals surface area contributed by atoms with Crippen molar-refractivity contribution in [2.45, 2.75) is 12.8 Å². The summed E-state index contributed by atoms with van der Waals surface area (Å²) in [5.74, 6) is 3.65. The molecule has 0 saturated carbocycles. The SMILES string of the molecule is COC(=O)CC#Cc1cc(CC(=O)O)ccc1O. The molecule has 0 radical (unpaired) electrons. The maximum Gasteiger partial charge on any atom is 0.317 e. The molecule has 0 atom stereocenters. The Morgan fingerprint density at radius 1 is 1.39 bits per heavy atom. The molecule has 0 aliphatic carbocycles. The van der Waals surface area contributed by atoms with Crippen LogP contribution >= 0.6 is 0 Å². The summed E-state index contributed by atoms with van der Waals surface area (Å²) in [5, 5.41) is 18.2. The van der Waals surface area contributed by atoms with E-state index in [4.69, 9.17) is 5.11 Å². The zero-order valence-corrected chi connectivity index (χ0v) is 9.77. The first-order valence-corrected chi connectivity index (χ1v) is 5.12. The van der Waals surface area contributed by atoms with Gasteiger partial charge < -0.3 is 14.9 Å². The van der Waals surface area contributed by atoms with Gasteiger partial charge in [-0.1, -0.05) is 17.9 Å². The van der Waals surface area contributed by atoms with E-state index in [2.05, 4.69) is 16.6 Å².